The zero-order valence-electron chi connectivity index (χ0n) is 10.7. The number of hydrogen-bond acceptors (Lipinski definition) is 2. The molecule has 0 radical (unpaired) electrons. The summed E-state index contributed by atoms with van der Waals surface area (Å²) >= 11 is 1.96. The summed E-state index contributed by atoms with van der Waals surface area (Å²) in [6, 6.07) is 9.21. The molecule has 1 fully saturated rings. The van der Waals surface area contributed by atoms with Crippen molar-refractivity contribution in [1.29, 1.82) is 0 Å². The minimum atomic E-state index is 0.196. The minimum absolute atomic E-state index is 0.196. The SMILES string of the molecule is CCCSCC(N)c1ccc(C2CCC2)cc1. The zero-order chi connectivity index (χ0) is 12.1. The van der Waals surface area contributed by atoms with Crippen LogP contribution < -0.4 is 5.73 Å². The van der Waals surface area contributed by atoms with Crippen LogP contribution in [0.1, 0.15) is 55.7 Å². The zero-order valence-corrected chi connectivity index (χ0v) is 11.5. The van der Waals surface area contributed by atoms with Crippen molar-refractivity contribution in [2.24, 2.45) is 5.73 Å². The molecule has 1 aliphatic rings. The summed E-state index contributed by atoms with van der Waals surface area (Å²) in [7, 11) is 0. The topological polar surface area (TPSA) is 26.0 Å². The van der Waals surface area contributed by atoms with E-state index in [1.165, 1.54) is 42.6 Å². The van der Waals surface area contributed by atoms with E-state index in [0.29, 0.717) is 0 Å². The lowest BCUT2D eigenvalue weighted by Gasteiger charge is -2.26. The molecule has 2 heteroatoms. The van der Waals surface area contributed by atoms with Gasteiger partial charge in [0.15, 0.2) is 0 Å². The van der Waals surface area contributed by atoms with E-state index >= 15 is 0 Å². The Morgan fingerprint density at radius 2 is 2.00 bits per heavy atom. The summed E-state index contributed by atoms with van der Waals surface area (Å²) in [6.45, 7) is 2.21. The summed E-state index contributed by atoms with van der Waals surface area (Å²) in [5, 5.41) is 0. The Bertz CT molecular complexity index is 329. The summed E-state index contributed by atoms with van der Waals surface area (Å²) in [5.74, 6) is 3.08. The monoisotopic (exact) mass is 249 g/mol. The fourth-order valence-electron chi connectivity index (χ4n) is 2.21. The fraction of sp³-hybridized carbons (Fsp3) is 0.600. The Morgan fingerprint density at radius 1 is 1.29 bits per heavy atom. The van der Waals surface area contributed by atoms with Crippen LogP contribution in [0, 0.1) is 0 Å². The first-order valence-electron chi connectivity index (χ1n) is 6.74. The second-order valence-corrected chi connectivity index (χ2v) is 6.13. The third-order valence-electron chi connectivity index (χ3n) is 3.59. The van der Waals surface area contributed by atoms with Crippen LogP contribution in [-0.2, 0) is 0 Å². The number of hydrogen-bond donors (Lipinski definition) is 1. The molecule has 94 valence electrons. The fourth-order valence-corrected chi connectivity index (χ4v) is 3.11. The molecule has 1 saturated carbocycles. The van der Waals surface area contributed by atoms with Crippen LogP contribution in [0.4, 0.5) is 0 Å². The molecule has 0 saturated heterocycles. The molecule has 0 amide bonds. The van der Waals surface area contributed by atoms with Crippen molar-refractivity contribution < 1.29 is 0 Å². The van der Waals surface area contributed by atoms with Gasteiger partial charge in [0.25, 0.3) is 0 Å². The smallest absolute Gasteiger partial charge is 0.0386 e. The Hall–Kier alpha value is -0.470. The van der Waals surface area contributed by atoms with Crippen molar-refractivity contribution in [1.82, 2.24) is 0 Å². The van der Waals surface area contributed by atoms with Gasteiger partial charge in [-0.25, -0.2) is 0 Å². The molecule has 1 nitrogen and oxygen atoms in total. The first-order chi connectivity index (χ1) is 8.31. The van der Waals surface area contributed by atoms with Gasteiger partial charge in [0.1, 0.15) is 0 Å². The Labute approximate surface area is 109 Å². The second-order valence-electron chi connectivity index (χ2n) is 4.98. The van der Waals surface area contributed by atoms with E-state index in [1.807, 2.05) is 11.8 Å². The van der Waals surface area contributed by atoms with Crippen molar-refractivity contribution in [2.75, 3.05) is 11.5 Å². The maximum Gasteiger partial charge on any atom is 0.0386 e. The highest BCUT2D eigenvalue weighted by Gasteiger charge is 2.19. The summed E-state index contributed by atoms with van der Waals surface area (Å²) in [4.78, 5) is 0. The minimum Gasteiger partial charge on any atom is -0.323 e. The van der Waals surface area contributed by atoms with Gasteiger partial charge in [-0.2, -0.15) is 11.8 Å². The van der Waals surface area contributed by atoms with Gasteiger partial charge in [-0.05, 0) is 42.1 Å². The summed E-state index contributed by atoms with van der Waals surface area (Å²) in [5.41, 5.74) is 8.98. The third-order valence-corrected chi connectivity index (χ3v) is 4.88. The highest BCUT2D eigenvalue weighted by Crippen LogP contribution is 2.36. The van der Waals surface area contributed by atoms with Gasteiger partial charge in [-0.1, -0.05) is 37.6 Å². The first kappa shape index (κ1) is 13.0. The molecule has 1 aliphatic carbocycles. The largest absolute Gasteiger partial charge is 0.323 e. The number of rotatable bonds is 6. The lowest BCUT2D eigenvalue weighted by Crippen LogP contribution is -2.14. The van der Waals surface area contributed by atoms with Crippen LogP contribution in [0.2, 0.25) is 0 Å². The van der Waals surface area contributed by atoms with Gasteiger partial charge in [-0.15, -0.1) is 0 Å². The number of nitrogens with two attached hydrogens (primary N) is 1. The Kier molecular flexibility index (Phi) is 4.93. The van der Waals surface area contributed by atoms with Crippen molar-refractivity contribution in [3.05, 3.63) is 35.4 Å². The number of benzene rings is 1. The summed E-state index contributed by atoms with van der Waals surface area (Å²) in [6.07, 6.45) is 5.38. The molecule has 2 rings (SSSR count). The molecule has 0 aromatic heterocycles. The molecule has 1 aromatic carbocycles. The number of thioether (sulfide) groups is 1. The third kappa shape index (κ3) is 3.49. The predicted molar refractivity (Wildman–Crippen MR) is 77.6 cm³/mol. The molecule has 0 spiro atoms. The van der Waals surface area contributed by atoms with Crippen molar-refractivity contribution in [2.45, 2.75) is 44.6 Å². The Morgan fingerprint density at radius 3 is 2.53 bits per heavy atom. The van der Waals surface area contributed by atoms with Crippen LogP contribution in [-0.4, -0.2) is 11.5 Å². The van der Waals surface area contributed by atoms with Crippen LogP contribution in [0.5, 0.6) is 0 Å². The van der Waals surface area contributed by atoms with E-state index < -0.39 is 0 Å². The van der Waals surface area contributed by atoms with Crippen molar-refractivity contribution >= 4 is 11.8 Å². The molecule has 0 aliphatic heterocycles. The van der Waals surface area contributed by atoms with E-state index in [9.17, 15) is 0 Å². The molecule has 1 atom stereocenters. The van der Waals surface area contributed by atoms with E-state index in [2.05, 4.69) is 31.2 Å². The van der Waals surface area contributed by atoms with Gasteiger partial charge >= 0.3 is 0 Å². The van der Waals surface area contributed by atoms with Gasteiger partial charge in [0.2, 0.25) is 0 Å². The van der Waals surface area contributed by atoms with Crippen molar-refractivity contribution in [3.63, 3.8) is 0 Å². The highest BCUT2D eigenvalue weighted by molar-refractivity contribution is 7.99. The molecule has 1 aromatic rings. The van der Waals surface area contributed by atoms with Crippen LogP contribution in [0.3, 0.4) is 0 Å². The van der Waals surface area contributed by atoms with Crippen LogP contribution in [0.25, 0.3) is 0 Å². The predicted octanol–water partition coefficient (Wildman–Crippen LogP) is 4.10. The van der Waals surface area contributed by atoms with E-state index in [4.69, 9.17) is 5.73 Å². The first-order valence-corrected chi connectivity index (χ1v) is 7.90. The molecule has 1 unspecified atom stereocenters. The van der Waals surface area contributed by atoms with Crippen LogP contribution in [0.15, 0.2) is 24.3 Å². The maximum absolute atomic E-state index is 6.19. The molecule has 0 bridgehead atoms. The van der Waals surface area contributed by atoms with Gasteiger partial charge in [-0.3, -0.25) is 0 Å². The highest BCUT2D eigenvalue weighted by atomic mass is 32.2. The lowest BCUT2D eigenvalue weighted by molar-refractivity contribution is 0.419. The van der Waals surface area contributed by atoms with Crippen molar-refractivity contribution in [3.8, 4) is 0 Å². The average Bonchev–Trinajstić information content (AvgIpc) is 2.28. The normalized spacial score (nSPS) is 17.8. The molecule has 17 heavy (non-hydrogen) atoms. The standard InChI is InChI=1S/C15H23NS/c1-2-10-17-11-15(16)14-8-6-13(7-9-14)12-4-3-5-12/h6-9,12,15H,2-5,10-11,16H2,1H3. The quantitative estimate of drug-likeness (QED) is 0.768. The maximum atomic E-state index is 6.19. The van der Waals surface area contributed by atoms with E-state index in [1.54, 1.807) is 0 Å². The molecular weight excluding hydrogens is 226 g/mol. The van der Waals surface area contributed by atoms with Gasteiger partial charge in [0, 0.05) is 11.8 Å². The average molecular weight is 249 g/mol. The lowest BCUT2D eigenvalue weighted by atomic mass is 9.80. The second kappa shape index (κ2) is 6.46. The summed E-state index contributed by atoms with van der Waals surface area (Å²) < 4.78 is 0. The van der Waals surface area contributed by atoms with E-state index in [-0.39, 0.29) is 6.04 Å². The van der Waals surface area contributed by atoms with Gasteiger partial charge < -0.3 is 5.73 Å². The van der Waals surface area contributed by atoms with Gasteiger partial charge in [0.05, 0.1) is 0 Å². The van der Waals surface area contributed by atoms with Crippen LogP contribution >= 0.6 is 11.8 Å². The molecule has 0 heterocycles. The molecule has 2 N–H and O–H groups in total. The Balaban J connectivity index is 1.87. The van der Waals surface area contributed by atoms with E-state index in [0.717, 1.165) is 11.7 Å². The molecular formula is C15H23NS.